The normalized spacial score (nSPS) is 17.5. The summed E-state index contributed by atoms with van der Waals surface area (Å²) in [7, 11) is -3.09. The lowest BCUT2D eigenvalue weighted by Gasteiger charge is -2.35. The Kier molecular flexibility index (Phi) is 4.55. The summed E-state index contributed by atoms with van der Waals surface area (Å²) >= 11 is 0. The second kappa shape index (κ2) is 6.01. The molecule has 5 nitrogen and oxygen atoms in total. The maximum Gasteiger partial charge on any atom is 0.211 e. The zero-order valence-corrected chi connectivity index (χ0v) is 13.1. The van der Waals surface area contributed by atoms with Gasteiger partial charge in [0.25, 0.3) is 0 Å². The third-order valence-electron chi connectivity index (χ3n) is 3.28. The second-order valence-electron chi connectivity index (χ2n) is 5.28. The van der Waals surface area contributed by atoms with Gasteiger partial charge in [-0.1, -0.05) is 12.1 Å². The van der Waals surface area contributed by atoms with Gasteiger partial charge in [-0.25, -0.2) is 8.42 Å². The monoisotopic (exact) mass is 298 g/mol. The molecule has 0 saturated carbocycles. The lowest BCUT2D eigenvalue weighted by Crippen LogP contribution is -2.48. The minimum Gasteiger partial charge on any atom is -0.489 e. The Morgan fingerprint density at radius 1 is 1.10 bits per heavy atom. The fourth-order valence-electron chi connectivity index (χ4n) is 2.33. The molecule has 1 aliphatic rings. The van der Waals surface area contributed by atoms with Crippen LogP contribution in [0, 0.1) is 0 Å². The minimum absolute atomic E-state index is 0.119. The number of ether oxygens (including phenoxy) is 1. The van der Waals surface area contributed by atoms with Crippen molar-refractivity contribution in [2.45, 2.75) is 20.0 Å². The minimum atomic E-state index is -3.09. The van der Waals surface area contributed by atoms with Crippen LogP contribution in [-0.4, -0.2) is 51.3 Å². The Morgan fingerprint density at radius 3 is 2.25 bits per heavy atom. The van der Waals surface area contributed by atoms with Crippen LogP contribution in [-0.2, 0) is 10.0 Å². The van der Waals surface area contributed by atoms with Gasteiger partial charge in [-0.15, -0.1) is 0 Å². The number of para-hydroxylation sites is 2. The maximum absolute atomic E-state index is 11.5. The smallest absolute Gasteiger partial charge is 0.211 e. The van der Waals surface area contributed by atoms with Crippen molar-refractivity contribution in [3.8, 4) is 5.75 Å². The molecule has 0 radical (unpaired) electrons. The lowest BCUT2D eigenvalue weighted by molar-refractivity contribution is 0.242. The van der Waals surface area contributed by atoms with E-state index < -0.39 is 10.0 Å². The maximum atomic E-state index is 11.5. The van der Waals surface area contributed by atoms with Crippen molar-refractivity contribution >= 4 is 15.7 Å². The zero-order valence-electron chi connectivity index (χ0n) is 12.2. The molecule has 0 amide bonds. The van der Waals surface area contributed by atoms with E-state index in [1.165, 1.54) is 10.6 Å². The molecule has 0 atom stereocenters. The standard InChI is InChI=1S/C14H22N2O3S/c1-12(2)19-14-7-5-4-6-13(14)15-8-10-16(11-9-15)20(3,17)18/h4-7,12H,8-11H2,1-3H3. The van der Waals surface area contributed by atoms with E-state index in [-0.39, 0.29) is 6.10 Å². The van der Waals surface area contributed by atoms with Crippen LogP contribution in [0.1, 0.15) is 13.8 Å². The largest absolute Gasteiger partial charge is 0.489 e. The van der Waals surface area contributed by atoms with Gasteiger partial charge in [-0.2, -0.15) is 4.31 Å². The van der Waals surface area contributed by atoms with Crippen LogP contribution in [0.2, 0.25) is 0 Å². The van der Waals surface area contributed by atoms with E-state index in [4.69, 9.17) is 4.74 Å². The highest BCUT2D eigenvalue weighted by molar-refractivity contribution is 7.88. The predicted molar refractivity (Wildman–Crippen MR) is 80.8 cm³/mol. The first-order chi connectivity index (χ1) is 9.38. The van der Waals surface area contributed by atoms with Gasteiger partial charge < -0.3 is 9.64 Å². The Labute approximate surface area is 121 Å². The third kappa shape index (κ3) is 3.64. The van der Waals surface area contributed by atoms with Gasteiger partial charge >= 0.3 is 0 Å². The molecule has 1 aromatic rings. The SMILES string of the molecule is CC(C)Oc1ccccc1N1CCN(S(C)(=O)=O)CC1. The van der Waals surface area contributed by atoms with Gasteiger partial charge in [0.2, 0.25) is 10.0 Å². The topological polar surface area (TPSA) is 49.9 Å². The Hall–Kier alpha value is -1.27. The number of hydrogen-bond acceptors (Lipinski definition) is 4. The van der Waals surface area contributed by atoms with E-state index in [0.29, 0.717) is 26.2 Å². The average molecular weight is 298 g/mol. The molecule has 6 heteroatoms. The quantitative estimate of drug-likeness (QED) is 0.846. The van der Waals surface area contributed by atoms with Gasteiger partial charge in [0.05, 0.1) is 18.0 Å². The van der Waals surface area contributed by atoms with Crippen LogP contribution in [0.25, 0.3) is 0 Å². The Balaban J connectivity index is 2.11. The number of hydrogen-bond donors (Lipinski definition) is 0. The number of piperazine rings is 1. The van der Waals surface area contributed by atoms with Crippen LogP contribution in [0.15, 0.2) is 24.3 Å². The average Bonchev–Trinajstić information content (AvgIpc) is 2.38. The van der Waals surface area contributed by atoms with Gasteiger partial charge in [-0.3, -0.25) is 0 Å². The highest BCUT2D eigenvalue weighted by atomic mass is 32.2. The van der Waals surface area contributed by atoms with Crippen LogP contribution in [0.4, 0.5) is 5.69 Å². The van der Waals surface area contributed by atoms with E-state index in [2.05, 4.69) is 4.90 Å². The van der Waals surface area contributed by atoms with E-state index in [0.717, 1.165) is 11.4 Å². The predicted octanol–water partition coefficient (Wildman–Crippen LogP) is 1.56. The first-order valence-corrected chi connectivity index (χ1v) is 8.68. The molecule has 0 aliphatic carbocycles. The molecular weight excluding hydrogens is 276 g/mol. The van der Waals surface area contributed by atoms with Crippen molar-refractivity contribution in [3.05, 3.63) is 24.3 Å². The Bertz CT molecular complexity index is 549. The molecular formula is C14H22N2O3S. The summed E-state index contributed by atoms with van der Waals surface area (Å²) < 4.78 is 30.4. The molecule has 1 heterocycles. The van der Waals surface area contributed by atoms with Crippen LogP contribution >= 0.6 is 0 Å². The van der Waals surface area contributed by atoms with Gasteiger partial charge in [0.1, 0.15) is 5.75 Å². The molecule has 1 fully saturated rings. The van der Waals surface area contributed by atoms with Crippen LogP contribution in [0.5, 0.6) is 5.75 Å². The summed E-state index contributed by atoms with van der Waals surface area (Å²) in [6.07, 6.45) is 1.38. The third-order valence-corrected chi connectivity index (χ3v) is 4.58. The molecule has 2 rings (SSSR count). The van der Waals surface area contributed by atoms with Gasteiger partial charge in [0, 0.05) is 26.2 Å². The number of rotatable bonds is 4. The zero-order chi connectivity index (χ0) is 14.8. The van der Waals surface area contributed by atoms with E-state index in [1.54, 1.807) is 0 Å². The molecule has 0 aromatic heterocycles. The van der Waals surface area contributed by atoms with Crippen molar-refractivity contribution in [2.75, 3.05) is 37.3 Å². The summed E-state index contributed by atoms with van der Waals surface area (Å²) in [6.45, 7) is 6.41. The lowest BCUT2D eigenvalue weighted by atomic mass is 10.2. The fourth-order valence-corrected chi connectivity index (χ4v) is 3.16. The van der Waals surface area contributed by atoms with Crippen molar-refractivity contribution in [1.29, 1.82) is 0 Å². The van der Waals surface area contributed by atoms with Crippen molar-refractivity contribution < 1.29 is 13.2 Å². The summed E-state index contributed by atoms with van der Waals surface area (Å²) in [4.78, 5) is 2.18. The second-order valence-corrected chi connectivity index (χ2v) is 7.27. The van der Waals surface area contributed by atoms with E-state index in [1.807, 2.05) is 38.1 Å². The first-order valence-electron chi connectivity index (χ1n) is 6.83. The van der Waals surface area contributed by atoms with Crippen molar-refractivity contribution in [3.63, 3.8) is 0 Å². The summed E-state index contributed by atoms with van der Waals surface area (Å²) in [5.74, 6) is 0.857. The molecule has 20 heavy (non-hydrogen) atoms. The number of anilines is 1. The van der Waals surface area contributed by atoms with Crippen molar-refractivity contribution in [1.82, 2.24) is 4.31 Å². The summed E-state index contributed by atoms with van der Waals surface area (Å²) in [6, 6.07) is 7.91. The Morgan fingerprint density at radius 2 is 1.70 bits per heavy atom. The van der Waals surface area contributed by atoms with Gasteiger partial charge in [-0.05, 0) is 26.0 Å². The molecule has 1 aliphatic heterocycles. The highest BCUT2D eigenvalue weighted by Crippen LogP contribution is 2.29. The molecule has 0 unspecified atom stereocenters. The number of sulfonamides is 1. The number of benzene rings is 1. The molecule has 0 N–H and O–H groups in total. The van der Waals surface area contributed by atoms with Crippen LogP contribution in [0.3, 0.4) is 0 Å². The van der Waals surface area contributed by atoms with E-state index in [9.17, 15) is 8.42 Å². The summed E-state index contributed by atoms with van der Waals surface area (Å²) in [5.41, 5.74) is 1.04. The molecule has 1 aromatic carbocycles. The molecule has 1 saturated heterocycles. The first kappa shape index (κ1) is 15.1. The molecule has 0 spiro atoms. The molecule has 112 valence electrons. The van der Waals surface area contributed by atoms with Crippen molar-refractivity contribution in [2.24, 2.45) is 0 Å². The summed E-state index contributed by atoms with van der Waals surface area (Å²) in [5, 5.41) is 0. The number of nitrogens with zero attached hydrogens (tertiary/aromatic N) is 2. The fraction of sp³-hybridized carbons (Fsp3) is 0.571. The van der Waals surface area contributed by atoms with Gasteiger partial charge in [0.15, 0.2) is 0 Å². The molecule has 0 bridgehead atoms. The highest BCUT2D eigenvalue weighted by Gasteiger charge is 2.24. The van der Waals surface area contributed by atoms with E-state index >= 15 is 0 Å². The van der Waals surface area contributed by atoms with Crippen LogP contribution < -0.4 is 9.64 Å².